The molecule has 154 valence electrons. The highest BCUT2D eigenvalue weighted by molar-refractivity contribution is 6.13. The zero-order valence-corrected chi connectivity index (χ0v) is 17.5. The number of hydrogen-bond acceptors (Lipinski definition) is 6. The summed E-state index contributed by atoms with van der Waals surface area (Å²) in [6, 6.07) is 23.2. The summed E-state index contributed by atoms with van der Waals surface area (Å²) in [5, 5.41) is 24.6. The van der Waals surface area contributed by atoms with E-state index in [2.05, 4.69) is 28.5 Å². The van der Waals surface area contributed by atoms with E-state index >= 15 is 0 Å². The highest BCUT2D eigenvalue weighted by Crippen LogP contribution is 2.41. The Morgan fingerprint density at radius 3 is 2.19 bits per heavy atom. The van der Waals surface area contributed by atoms with Crippen LogP contribution in [0.4, 0.5) is 5.69 Å². The van der Waals surface area contributed by atoms with Crippen molar-refractivity contribution in [2.24, 2.45) is 4.99 Å². The molecule has 1 aliphatic heterocycles. The number of fused-ring (bicyclic) bond motifs is 6. The minimum Gasteiger partial charge on any atom is -0.456 e. The molecule has 2 aromatic heterocycles. The predicted molar refractivity (Wildman–Crippen MR) is 125 cm³/mol. The van der Waals surface area contributed by atoms with Crippen molar-refractivity contribution in [3.8, 4) is 23.3 Å². The van der Waals surface area contributed by atoms with Gasteiger partial charge >= 0.3 is 0 Å². The van der Waals surface area contributed by atoms with Crippen molar-refractivity contribution in [2.75, 3.05) is 5.32 Å². The van der Waals surface area contributed by atoms with Crippen LogP contribution in [-0.2, 0) is 0 Å². The lowest BCUT2D eigenvalue weighted by Gasteiger charge is -2.13. The maximum atomic E-state index is 9.41. The molecule has 1 unspecified atom stereocenters. The van der Waals surface area contributed by atoms with Crippen molar-refractivity contribution >= 4 is 44.4 Å². The van der Waals surface area contributed by atoms with Crippen molar-refractivity contribution in [2.45, 2.75) is 19.9 Å². The van der Waals surface area contributed by atoms with Gasteiger partial charge in [-0.05, 0) is 41.5 Å². The second-order valence-corrected chi connectivity index (χ2v) is 7.11. The molecule has 6 heteroatoms. The highest BCUT2D eigenvalue weighted by Gasteiger charge is 2.28. The summed E-state index contributed by atoms with van der Waals surface area (Å²) < 4.78 is 11.8. The monoisotopic (exact) mass is 418 g/mol. The standard InChI is InChI=1S/C24H12N4O2.C2H6/c25-11-18-24-23(28-22(12-26)27-18)17-10-14(6-8-21(17)30-24)13-5-7-20-16(9-13)15-3-1-2-4-19(15)29-20;1-2/h1-10,18H,(H,27,28);1-2H3. The smallest absolute Gasteiger partial charge is 0.207 e. The molecule has 6 rings (SSSR count). The lowest BCUT2D eigenvalue weighted by Crippen LogP contribution is -2.17. The Hall–Kier alpha value is -4.55. The number of amidine groups is 1. The molecule has 3 aromatic carbocycles. The van der Waals surface area contributed by atoms with Crippen LogP contribution in [0.1, 0.15) is 25.6 Å². The first-order valence-electron chi connectivity index (χ1n) is 10.4. The lowest BCUT2D eigenvalue weighted by atomic mass is 10.0. The summed E-state index contributed by atoms with van der Waals surface area (Å²) in [6.45, 7) is 4.00. The third kappa shape index (κ3) is 2.90. The number of hydrogen-bond donors (Lipinski definition) is 1. The third-order valence-electron chi connectivity index (χ3n) is 5.40. The molecule has 0 aliphatic carbocycles. The van der Waals surface area contributed by atoms with Crippen molar-refractivity contribution < 1.29 is 8.83 Å². The molecule has 6 nitrogen and oxygen atoms in total. The molecule has 0 fully saturated rings. The first-order chi connectivity index (χ1) is 15.7. The summed E-state index contributed by atoms with van der Waals surface area (Å²) in [5.41, 5.74) is 5.00. The summed E-state index contributed by atoms with van der Waals surface area (Å²) >= 11 is 0. The number of nitriles is 2. The fourth-order valence-electron chi connectivity index (χ4n) is 4.01. The molecular weight excluding hydrogens is 400 g/mol. The van der Waals surface area contributed by atoms with Crippen molar-refractivity contribution in [3.05, 3.63) is 66.4 Å². The molecule has 1 N–H and O–H groups in total. The van der Waals surface area contributed by atoms with E-state index in [9.17, 15) is 10.5 Å². The highest BCUT2D eigenvalue weighted by atomic mass is 16.3. The fraction of sp³-hybridized carbons (Fsp3) is 0.115. The number of nitrogens with one attached hydrogen (secondary N) is 1. The number of anilines is 1. The predicted octanol–water partition coefficient (Wildman–Crippen LogP) is 6.94. The number of para-hydroxylation sites is 1. The van der Waals surface area contributed by atoms with E-state index in [1.54, 1.807) is 0 Å². The third-order valence-corrected chi connectivity index (χ3v) is 5.40. The van der Waals surface area contributed by atoms with Gasteiger partial charge in [0, 0.05) is 16.2 Å². The van der Waals surface area contributed by atoms with Crippen molar-refractivity contribution in [1.29, 1.82) is 10.5 Å². The second kappa shape index (κ2) is 7.61. The number of benzene rings is 3. The van der Waals surface area contributed by atoms with Crippen molar-refractivity contribution in [1.82, 2.24) is 0 Å². The Balaban J connectivity index is 0.00000105. The largest absolute Gasteiger partial charge is 0.456 e. The quantitative estimate of drug-likeness (QED) is 0.318. The topological polar surface area (TPSA) is 98.2 Å². The van der Waals surface area contributed by atoms with Gasteiger partial charge in [0.25, 0.3) is 0 Å². The molecule has 1 atom stereocenters. The Kier molecular flexibility index (Phi) is 4.62. The van der Waals surface area contributed by atoms with E-state index in [0.29, 0.717) is 17.0 Å². The summed E-state index contributed by atoms with van der Waals surface area (Å²) in [6.07, 6.45) is 0. The van der Waals surface area contributed by atoms with Crippen LogP contribution in [0, 0.1) is 22.7 Å². The summed E-state index contributed by atoms with van der Waals surface area (Å²) in [4.78, 5) is 4.07. The van der Waals surface area contributed by atoms with Gasteiger partial charge < -0.3 is 14.2 Å². The average Bonchev–Trinajstić information content (AvgIpc) is 3.42. The van der Waals surface area contributed by atoms with E-state index in [1.807, 2.05) is 68.4 Å². The maximum Gasteiger partial charge on any atom is 0.207 e. The van der Waals surface area contributed by atoms with Gasteiger partial charge in [-0.3, -0.25) is 0 Å². The fourth-order valence-corrected chi connectivity index (χ4v) is 4.01. The van der Waals surface area contributed by atoms with Gasteiger partial charge in [-0.25, -0.2) is 4.99 Å². The number of furan rings is 2. The van der Waals surface area contributed by atoms with Gasteiger partial charge in [0.05, 0.1) is 11.8 Å². The van der Waals surface area contributed by atoms with Gasteiger partial charge in [-0.15, -0.1) is 0 Å². The van der Waals surface area contributed by atoms with Crippen LogP contribution in [-0.4, -0.2) is 5.84 Å². The molecule has 0 radical (unpaired) electrons. The summed E-state index contributed by atoms with van der Waals surface area (Å²) in [7, 11) is 0. The Bertz CT molecular complexity index is 1610. The lowest BCUT2D eigenvalue weighted by molar-refractivity contribution is 0.534. The maximum absolute atomic E-state index is 9.41. The van der Waals surface area contributed by atoms with E-state index in [-0.39, 0.29) is 5.84 Å². The molecule has 5 aromatic rings. The normalized spacial score (nSPS) is 14.6. The minimum absolute atomic E-state index is 0.105. The molecule has 3 heterocycles. The number of rotatable bonds is 1. The number of nitrogens with zero attached hydrogens (tertiary/aromatic N) is 3. The van der Waals surface area contributed by atoms with Crippen LogP contribution in [0.15, 0.2) is 74.5 Å². The van der Waals surface area contributed by atoms with Gasteiger partial charge in [0.15, 0.2) is 11.8 Å². The molecular formula is C26H18N4O2. The van der Waals surface area contributed by atoms with Gasteiger partial charge in [-0.1, -0.05) is 44.2 Å². The van der Waals surface area contributed by atoms with E-state index < -0.39 is 6.04 Å². The molecule has 0 bridgehead atoms. The van der Waals surface area contributed by atoms with E-state index in [0.717, 1.165) is 38.5 Å². The van der Waals surface area contributed by atoms with Crippen LogP contribution in [0.5, 0.6) is 0 Å². The van der Waals surface area contributed by atoms with Crippen LogP contribution in [0.3, 0.4) is 0 Å². The molecule has 0 saturated heterocycles. The Morgan fingerprint density at radius 1 is 0.812 bits per heavy atom. The van der Waals surface area contributed by atoms with Crippen LogP contribution >= 0.6 is 0 Å². The molecule has 0 spiro atoms. The SMILES string of the molecule is CC.N#CC1=NC(C#N)c2oc3ccc(-c4ccc5oc6ccccc6c5c4)cc3c2N1. The van der Waals surface area contributed by atoms with Crippen molar-refractivity contribution in [3.63, 3.8) is 0 Å². The average molecular weight is 418 g/mol. The first kappa shape index (κ1) is 19.4. The second-order valence-electron chi connectivity index (χ2n) is 7.11. The molecule has 0 amide bonds. The van der Waals surface area contributed by atoms with Crippen LogP contribution in [0.25, 0.3) is 44.0 Å². The Morgan fingerprint density at radius 2 is 1.47 bits per heavy atom. The van der Waals surface area contributed by atoms with Gasteiger partial charge in [0.1, 0.15) is 22.8 Å². The first-order valence-corrected chi connectivity index (χ1v) is 10.4. The zero-order valence-electron chi connectivity index (χ0n) is 17.5. The molecule has 1 aliphatic rings. The number of aliphatic imine (C=N–C) groups is 1. The zero-order chi connectivity index (χ0) is 22.2. The van der Waals surface area contributed by atoms with Crippen LogP contribution in [0.2, 0.25) is 0 Å². The van der Waals surface area contributed by atoms with E-state index in [1.165, 1.54) is 0 Å². The molecule has 0 saturated carbocycles. The van der Waals surface area contributed by atoms with Gasteiger partial charge in [-0.2, -0.15) is 10.5 Å². The minimum atomic E-state index is -0.833. The van der Waals surface area contributed by atoms with Gasteiger partial charge in [0.2, 0.25) is 5.84 Å². The van der Waals surface area contributed by atoms with Crippen LogP contribution < -0.4 is 5.32 Å². The Labute approximate surface area is 184 Å². The van der Waals surface area contributed by atoms with E-state index in [4.69, 9.17) is 8.83 Å². The summed E-state index contributed by atoms with van der Waals surface area (Å²) in [5.74, 6) is 0.536. The molecule has 32 heavy (non-hydrogen) atoms.